The molecule has 1 aromatic heterocycles. The number of para-hydroxylation sites is 1. The van der Waals surface area contributed by atoms with Gasteiger partial charge in [-0.15, -0.1) is 0 Å². The number of rotatable bonds is 2. The summed E-state index contributed by atoms with van der Waals surface area (Å²) in [6.07, 6.45) is -0.821. The summed E-state index contributed by atoms with van der Waals surface area (Å²) in [5, 5.41) is 10.9. The summed E-state index contributed by atoms with van der Waals surface area (Å²) < 4.78 is 0. The van der Waals surface area contributed by atoms with Crippen LogP contribution in [0.4, 0.5) is 0 Å². The van der Waals surface area contributed by atoms with Gasteiger partial charge in [0.25, 0.3) is 5.56 Å². The van der Waals surface area contributed by atoms with Gasteiger partial charge in [0.2, 0.25) is 0 Å². The lowest BCUT2D eigenvalue weighted by atomic mass is 9.94. The minimum absolute atomic E-state index is 0.238. The second kappa shape index (κ2) is 4.94. The molecule has 0 radical (unpaired) electrons. The molecule has 0 bridgehead atoms. The van der Waals surface area contributed by atoms with Crippen molar-refractivity contribution in [1.29, 1.82) is 0 Å². The first-order chi connectivity index (χ1) is 9.68. The zero-order valence-electron chi connectivity index (χ0n) is 11.1. The van der Waals surface area contributed by atoms with Crippen LogP contribution in [0, 0.1) is 0 Å². The van der Waals surface area contributed by atoms with Crippen LogP contribution >= 0.6 is 0 Å². The molecule has 1 atom stereocenters. The summed E-state index contributed by atoms with van der Waals surface area (Å²) >= 11 is 0. The van der Waals surface area contributed by atoms with Gasteiger partial charge in [-0.25, -0.2) is 0 Å². The highest BCUT2D eigenvalue weighted by molar-refractivity contribution is 5.96. The summed E-state index contributed by atoms with van der Waals surface area (Å²) in [4.78, 5) is 15.1. The van der Waals surface area contributed by atoms with E-state index in [-0.39, 0.29) is 5.56 Å². The Morgan fingerprint density at radius 1 is 1.00 bits per heavy atom. The largest absolute Gasteiger partial charge is 0.388 e. The molecule has 2 N–H and O–H groups in total. The van der Waals surface area contributed by atoms with Gasteiger partial charge in [0.1, 0.15) is 0 Å². The van der Waals surface area contributed by atoms with E-state index in [1.807, 2.05) is 54.6 Å². The molecular formula is C17H15NO2. The Hall–Kier alpha value is -2.39. The molecule has 3 nitrogen and oxygen atoms in total. The smallest absolute Gasteiger partial charge is 0.254 e. The van der Waals surface area contributed by atoms with Gasteiger partial charge in [0.05, 0.1) is 11.7 Å². The van der Waals surface area contributed by atoms with Crippen molar-refractivity contribution in [3.05, 3.63) is 70.5 Å². The van der Waals surface area contributed by atoms with Crippen LogP contribution in [0.1, 0.15) is 18.6 Å². The van der Waals surface area contributed by atoms with Gasteiger partial charge in [-0.1, -0.05) is 48.5 Å². The predicted molar refractivity (Wildman–Crippen MR) is 80.6 cm³/mol. The molecule has 0 aliphatic rings. The van der Waals surface area contributed by atoms with Gasteiger partial charge in [0.15, 0.2) is 0 Å². The van der Waals surface area contributed by atoms with Gasteiger partial charge >= 0.3 is 0 Å². The first-order valence-corrected chi connectivity index (χ1v) is 6.57. The van der Waals surface area contributed by atoms with Crippen LogP contribution in [0.3, 0.4) is 0 Å². The van der Waals surface area contributed by atoms with Crippen LogP contribution in [0.25, 0.3) is 22.0 Å². The molecule has 0 aliphatic heterocycles. The molecular weight excluding hydrogens is 250 g/mol. The van der Waals surface area contributed by atoms with Crippen LogP contribution in [0.5, 0.6) is 0 Å². The quantitative estimate of drug-likeness (QED) is 0.747. The second-order valence-electron chi connectivity index (χ2n) is 4.83. The van der Waals surface area contributed by atoms with Crippen LogP contribution in [0.2, 0.25) is 0 Å². The number of aromatic amines is 1. The first kappa shape index (κ1) is 12.6. The molecule has 3 heteroatoms. The Labute approximate surface area is 116 Å². The van der Waals surface area contributed by atoms with Crippen LogP contribution in [-0.2, 0) is 0 Å². The Bertz CT molecular complexity index is 804. The Morgan fingerprint density at radius 2 is 1.65 bits per heavy atom. The maximum Gasteiger partial charge on any atom is 0.254 e. The molecule has 0 fully saturated rings. The van der Waals surface area contributed by atoms with Crippen molar-refractivity contribution in [2.24, 2.45) is 0 Å². The molecule has 100 valence electrons. The topological polar surface area (TPSA) is 53.1 Å². The monoisotopic (exact) mass is 265 g/mol. The van der Waals surface area contributed by atoms with Crippen molar-refractivity contribution in [3.63, 3.8) is 0 Å². The van der Waals surface area contributed by atoms with E-state index in [0.29, 0.717) is 5.56 Å². The van der Waals surface area contributed by atoms with Crippen molar-refractivity contribution in [2.75, 3.05) is 0 Å². The second-order valence-corrected chi connectivity index (χ2v) is 4.83. The lowest BCUT2D eigenvalue weighted by Gasteiger charge is -2.14. The molecule has 3 rings (SSSR count). The molecule has 20 heavy (non-hydrogen) atoms. The minimum atomic E-state index is -0.821. The zero-order chi connectivity index (χ0) is 14.1. The summed E-state index contributed by atoms with van der Waals surface area (Å²) in [5.41, 5.74) is 2.69. The molecule has 0 spiro atoms. The fourth-order valence-electron chi connectivity index (χ4n) is 2.57. The fourth-order valence-corrected chi connectivity index (χ4v) is 2.57. The summed E-state index contributed by atoms with van der Waals surface area (Å²) in [6.45, 7) is 1.62. The normalized spacial score (nSPS) is 12.5. The standard InChI is InChI=1S/C17H15NO2/c1-11(19)15-16(12-7-3-2-4-8-12)13-9-5-6-10-14(13)18-17(15)20/h2-11,19H,1H3,(H,18,20). The van der Waals surface area contributed by atoms with E-state index >= 15 is 0 Å². The molecule has 0 amide bonds. The van der Waals surface area contributed by atoms with E-state index in [9.17, 15) is 9.90 Å². The number of pyridine rings is 1. The highest BCUT2D eigenvalue weighted by Crippen LogP contribution is 2.31. The molecule has 0 saturated heterocycles. The van der Waals surface area contributed by atoms with E-state index in [2.05, 4.69) is 4.98 Å². The van der Waals surface area contributed by atoms with E-state index in [4.69, 9.17) is 0 Å². The number of aromatic nitrogens is 1. The number of nitrogens with one attached hydrogen (secondary N) is 1. The number of fused-ring (bicyclic) bond motifs is 1. The van der Waals surface area contributed by atoms with E-state index < -0.39 is 6.10 Å². The van der Waals surface area contributed by atoms with Gasteiger partial charge in [-0.05, 0) is 18.6 Å². The average molecular weight is 265 g/mol. The van der Waals surface area contributed by atoms with Crippen LogP contribution in [0.15, 0.2) is 59.4 Å². The van der Waals surface area contributed by atoms with E-state index in [0.717, 1.165) is 22.0 Å². The number of aliphatic hydroxyl groups is 1. The van der Waals surface area contributed by atoms with Crippen LogP contribution in [-0.4, -0.2) is 10.1 Å². The fraction of sp³-hybridized carbons (Fsp3) is 0.118. The van der Waals surface area contributed by atoms with Crippen molar-refractivity contribution < 1.29 is 5.11 Å². The lowest BCUT2D eigenvalue weighted by Crippen LogP contribution is -2.17. The lowest BCUT2D eigenvalue weighted by molar-refractivity contribution is 0.198. The first-order valence-electron chi connectivity index (χ1n) is 6.57. The molecule has 3 aromatic rings. The SMILES string of the molecule is CC(O)c1c(-c2ccccc2)c2ccccc2[nH]c1=O. The molecule has 0 aliphatic carbocycles. The molecule has 0 saturated carbocycles. The van der Waals surface area contributed by atoms with Gasteiger partial charge in [0, 0.05) is 16.5 Å². The third-order valence-corrected chi connectivity index (χ3v) is 3.44. The van der Waals surface area contributed by atoms with Crippen molar-refractivity contribution >= 4 is 10.9 Å². The highest BCUT2D eigenvalue weighted by Gasteiger charge is 2.17. The summed E-state index contributed by atoms with van der Waals surface area (Å²) in [7, 11) is 0. The van der Waals surface area contributed by atoms with Crippen molar-refractivity contribution in [1.82, 2.24) is 4.98 Å². The van der Waals surface area contributed by atoms with Crippen molar-refractivity contribution in [3.8, 4) is 11.1 Å². The number of hydrogen-bond donors (Lipinski definition) is 2. The average Bonchev–Trinajstić information content (AvgIpc) is 2.46. The summed E-state index contributed by atoms with van der Waals surface area (Å²) in [6, 6.07) is 17.3. The summed E-state index contributed by atoms with van der Waals surface area (Å²) in [5.74, 6) is 0. The molecule has 1 heterocycles. The highest BCUT2D eigenvalue weighted by atomic mass is 16.3. The Morgan fingerprint density at radius 3 is 2.35 bits per heavy atom. The number of benzene rings is 2. The third kappa shape index (κ3) is 2.02. The number of H-pyrrole nitrogens is 1. The number of hydrogen-bond acceptors (Lipinski definition) is 2. The molecule has 1 unspecified atom stereocenters. The third-order valence-electron chi connectivity index (χ3n) is 3.44. The van der Waals surface area contributed by atoms with Crippen LogP contribution < -0.4 is 5.56 Å². The van der Waals surface area contributed by atoms with Gasteiger partial charge in [-0.2, -0.15) is 0 Å². The van der Waals surface area contributed by atoms with Gasteiger partial charge in [-0.3, -0.25) is 4.79 Å². The van der Waals surface area contributed by atoms with Crippen molar-refractivity contribution in [2.45, 2.75) is 13.0 Å². The van der Waals surface area contributed by atoms with Gasteiger partial charge < -0.3 is 10.1 Å². The van der Waals surface area contributed by atoms with E-state index in [1.165, 1.54) is 0 Å². The predicted octanol–water partition coefficient (Wildman–Crippen LogP) is 3.25. The Kier molecular flexibility index (Phi) is 3.12. The van der Waals surface area contributed by atoms with E-state index in [1.54, 1.807) is 6.92 Å². The maximum atomic E-state index is 12.3. The molecule has 2 aromatic carbocycles. The zero-order valence-corrected chi connectivity index (χ0v) is 11.1. The number of aliphatic hydroxyl groups excluding tert-OH is 1. The minimum Gasteiger partial charge on any atom is -0.388 e. The Balaban J connectivity index is 2.49. The maximum absolute atomic E-state index is 12.3.